The lowest BCUT2D eigenvalue weighted by Crippen LogP contribution is -2.50. The predicted molar refractivity (Wildman–Crippen MR) is 78.9 cm³/mol. The van der Waals surface area contributed by atoms with Gasteiger partial charge in [-0.3, -0.25) is 4.79 Å². The van der Waals surface area contributed by atoms with Crippen molar-refractivity contribution in [3.05, 3.63) is 0 Å². The normalized spacial score (nSPS) is 38.9. The molecule has 2 rings (SSSR count). The van der Waals surface area contributed by atoms with Crippen LogP contribution in [-0.4, -0.2) is 25.0 Å². The van der Waals surface area contributed by atoms with Crippen LogP contribution < -0.4 is 10.6 Å². The Balaban J connectivity index is 2.01. The molecule has 0 aromatic heterocycles. The monoisotopic (exact) mass is 266 g/mol. The zero-order valence-corrected chi connectivity index (χ0v) is 13.0. The maximum atomic E-state index is 12.8. The first-order valence-corrected chi connectivity index (χ1v) is 8.03. The molecule has 2 aliphatic rings. The minimum Gasteiger partial charge on any atom is -0.353 e. The molecule has 3 nitrogen and oxygen atoms in total. The van der Waals surface area contributed by atoms with Crippen molar-refractivity contribution >= 4 is 5.91 Å². The molecule has 1 saturated carbocycles. The molecule has 19 heavy (non-hydrogen) atoms. The summed E-state index contributed by atoms with van der Waals surface area (Å²) in [5.74, 6) is 2.12. The van der Waals surface area contributed by atoms with Gasteiger partial charge in [0.1, 0.15) is 0 Å². The van der Waals surface area contributed by atoms with E-state index in [1.165, 1.54) is 12.8 Å². The molecule has 0 aromatic rings. The van der Waals surface area contributed by atoms with E-state index in [1.54, 1.807) is 0 Å². The fourth-order valence-electron chi connectivity index (χ4n) is 4.00. The van der Waals surface area contributed by atoms with Crippen molar-refractivity contribution in [1.82, 2.24) is 10.6 Å². The Kier molecular flexibility index (Phi) is 4.54. The largest absolute Gasteiger partial charge is 0.353 e. The average molecular weight is 266 g/mol. The van der Waals surface area contributed by atoms with Crippen LogP contribution in [0.15, 0.2) is 0 Å². The number of hydrogen-bond acceptors (Lipinski definition) is 2. The molecule has 110 valence electrons. The second-order valence-electron chi connectivity index (χ2n) is 6.92. The molecule has 1 aliphatic carbocycles. The molecule has 2 fully saturated rings. The highest BCUT2D eigenvalue weighted by Crippen LogP contribution is 2.37. The summed E-state index contributed by atoms with van der Waals surface area (Å²) in [6, 6.07) is 0.397. The number of rotatable bonds is 4. The number of hydrogen-bond donors (Lipinski definition) is 2. The standard InChI is InChI=1S/C16H30N2O/c1-5-13-6-7-14(12(13)4)18-15(19)16(11(2)3)8-9-17-10-16/h11-14,17H,5-10H2,1-4H3,(H,18,19). The Morgan fingerprint density at radius 2 is 2.16 bits per heavy atom. The molecule has 1 amide bonds. The Hall–Kier alpha value is -0.570. The summed E-state index contributed by atoms with van der Waals surface area (Å²) in [4.78, 5) is 12.8. The molecular weight excluding hydrogens is 236 g/mol. The fourth-order valence-corrected chi connectivity index (χ4v) is 4.00. The maximum absolute atomic E-state index is 12.8. The first-order valence-electron chi connectivity index (χ1n) is 8.03. The lowest BCUT2D eigenvalue weighted by Gasteiger charge is -2.33. The zero-order valence-electron chi connectivity index (χ0n) is 13.0. The lowest BCUT2D eigenvalue weighted by molar-refractivity contribution is -0.133. The molecule has 0 aromatic carbocycles. The summed E-state index contributed by atoms with van der Waals surface area (Å²) in [6.45, 7) is 10.8. The van der Waals surface area contributed by atoms with Crippen molar-refractivity contribution < 1.29 is 4.79 Å². The number of carbonyl (C=O) groups is 1. The van der Waals surface area contributed by atoms with E-state index in [9.17, 15) is 4.79 Å². The highest BCUT2D eigenvalue weighted by molar-refractivity contribution is 5.84. The summed E-state index contributed by atoms with van der Waals surface area (Å²) in [5.41, 5.74) is -0.177. The van der Waals surface area contributed by atoms with Crippen molar-refractivity contribution in [1.29, 1.82) is 0 Å². The molecular formula is C16H30N2O. The van der Waals surface area contributed by atoms with Gasteiger partial charge in [-0.1, -0.05) is 34.1 Å². The van der Waals surface area contributed by atoms with Gasteiger partial charge < -0.3 is 10.6 Å². The molecule has 1 heterocycles. The summed E-state index contributed by atoms with van der Waals surface area (Å²) in [6.07, 6.45) is 4.65. The molecule has 0 radical (unpaired) electrons. The van der Waals surface area contributed by atoms with Gasteiger partial charge in [0.25, 0.3) is 0 Å². The molecule has 1 aliphatic heterocycles. The van der Waals surface area contributed by atoms with Gasteiger partial charge in [0.2, 0.25) is 5.91 Å². The van der Waals surface area contributed by atoms with Crippen molar-refractivity contribution in [3.8, 4) is 0 Å². The molecule has 2 N–H and O–H groups in total. The average Bonchev–Trinajstić information content (AvgIpc) is 2.98. The van der Waals surface area contributed by atoms with Crippen LogP contribution in [0.2, 0.25) is 0 Å². The smallest absolute Gasteiger partial charge is 0.228 e. The van der Waals surface area contributed by atoms with Crippen LogP contribution in [0.3, 0.4) is 0 Å². The second kappa shape index (κ2) is 5.82. The molecule has 0 bridgehead atoms. The quantitative estimate of drug-likeness (QED) is 0.821. The third-order valence-electron chi connectivity index (χ3n) is 5.81. The Morgan fingerprint density at radius 3 is 2.63 bits per heavy atom. The SMILES string of the molecule is CCC1CCC(NC(=O)C2(C(C)C)CCNC2)C1C. The van der Waals surface area contributed by atoms with Crippen LogP contribution in [0.5, 0.6) is 0 Å². The van der Waals surface area contributed by atoms with Gasteiger partial charge in [0.15, 0.2) is 0 Å². The van der Waals surface area contributed by atoms with Crippen LogP contribution in [0.4, 0.5) is 0 Å². The Labute approximate surface area is 117 Å². The summed E-state index contributed by atoms with van der Waals surface area (Å²) >= 11 is 0. The van der Waals surface area contributed by atoms with Crippen LogP contribution in [0.25, 0.3) is 0 Å². The van der Waals surface area contributed by atoms with Crippen molar-refractivity contribution in [2.45, 2.75) is 59.4 Å². The topological polar surface area (TPSA) is 41.1 Å². The molecule has 4 unspecified atom stereocenters. The molecule has 0 spiro atoms. The highest BCUT2D eigenvalue weighted by Gasteiger charge is 2.45. The van der Waals surface area contributed by atoms with Crippen LogP contribution in [0, 0.1) is 23.2 Å². The van der Waals surface area contributed by atoms with Crippen molar-refractivity contribution in [3.63, 3.8) is 0 Å². The summed E-state index contributed by atoms with van der Waals surface area (Å²) < 4.78 is 0. The van der Waals surface area contributed by atoms with E-state index in [0.29, 0.717) is 23.8 Å². The van der Waals surface area contributed by atoms with Crippen molar-refractivity contribution in [2.24, 2.45) is 23.2 Å². The van der Waals surface area contributed by atoms with Gasteiger partial charge >= 0.3 is 0 Å². The Morgan fingerprint density at radius 1 is 1.42 bits per heavy atom. The molecule has 1 saturated heterocycles. The highest BCUT2D eigenvalue weighted by atomic mass is 16.2. The number of amides is 1. The van der Waals surface area contributed by atoms with E-state index in [1.807, 2.05) is 0 Å². The first-order chi connectivity index (χ1) is 9.01. The van der Waals surface area contributed by atoms with E-state index in [2.05, 4.69) is 38.3 Å². The van der Waals surface area contributed by atoms with Gasteiger partial charge in [-0.25, -0.2) is 0 Å². The minimum atomic E-state index is -0.177. The van der Waals surface area contributed by atoms with Gasteiger partial charge in [-0.15, -0.1) is 0 Å². The van der Waals surface area contributed by atoms with Gasteiger partial charge in [-0.2, -0.15) is 0 Å². The lowest BCUT2D eigenvalue weighted by atomic mass is 9.75. The first kappa shape index (κ1) is 14.8. The number of carbonyl (C=O) groups excluding carboxylic acids is 1. The van der Waals surface area contributed by atoms with E-state index < -0.39 is 0 Å². The fraction of sp³-hybridized carbons (Fsp3) is 0.938. The van der Waals surface area contributed by atoms with E-state index >= 15 is 0 Å². The van der Waals surface area contributed by atoms with E-state index in [4.69, 9.17) is 0 Å². The molecule has 4 atom stereocenters. The predicted octanol–water partition coefficient (Wildman–Crippen LogP) is 2.56. The van der Waals surface area contributed by atoms with E-state index in [0.717, 1.165) is 31.8 Å². The third-order valence-corrected chi connectivity index (χ3v) is 5.81. The van der Waals surface area contributed by atoms with Gasteiger partial charge in [-0.05, 0) is 43.6 Å². The molecule has 3 heteroatoms. The number of nitrogens with one attached hydrogen (secondary N) is 2. The van der Waals surface area contributed by atoms with Crippen LogP contribution >= 0.6 is 0 Å². The maximum Gasteiger partial charge on any atom is 0.228 e. The van der Waals surface area contributed by atoms with Gasteiger partial charge in [0, 0.05) is 12.6 Å². The van der Waals surface area contributed by atoms with Crippen molar-refractivity contribution in [2.75, 3.05) is 13.1 Å². The van der Waals surface area contributed by atoms with Gasteiger partial charge in [0.05, 0.1) is 5.41 Å². The summed E-state index contributed by atoms with van der Waals surface area (Å²) in [7, 11) is 0. The zero-order chi connectivity index (χ0) is 14.0. The summed E-state index contributed by atoms with van der Waals surface area (Å²) in [5, 5.41) is 6.75. The Bertz CT molecular complexity index is 321. The third kappa shape index (κ3) is 2.67. The van der Waals surface area contributed by atoms with Crippen LogP contribution in [0.1, 0.15) is 53.4 Å². The van der Waals surface area contributed by atoms with Crippen LogP contribution in [-0.2, 0) is 4.79 Å². The van der Waals surface area contributed by atoms with E-state index in [-0.39, 0.29) is 5.41 Å². The minimum absolute atomic E-state index is 0.177. The second-order valence-corrected chi connectivity index (χ2v) is 6.92.